The highest BCUT2D eigenvalue weighted by Crippen LogP contribution is 2.56. The molecule has 4 bridgehead atoms. The van der Waals surface area contributed by atoms with Crippen LogP contribution in [0.3, 0.4) is 0 Å². The van der Waals surface area contributed by atoms with Crippen LogP contribution in [0.4, 0.5) is 0 Å². The molecule has 0 aromatic rings. The smallest absolute Gasteiger partial charge is 0.0101 e. The van der Waals surface area contributed by atoms with Gasteiger partial charge in [-0.05, 0) is 82.3 Å². The Balaban J connectivity index is 1.47. The minimum absolute atomic E-state index is 1.02. The number of hydrogen-bond acceptors (Lipinski definition) is 2. The van der Waals surface area contributed by atoms with Crippen molar-refractivity contribution in [1.29, 1.82) is 0 Å². The standard InChI is InChI=1S/C15H28N2/c1-17(2)4-3-16-10-15-13-6-11-5-12(8-13)9-14(15)7-11/h11-16H,3-10H2,1-2H3. The summed E-state index contributed by atoms with van der Waals surface area (Å²) in [5.41, 5.74) is 0. The molecule has 0 unspecified atom stereocenters. The van der Waals surface area contributed by atoms with Gasteiger partial charge in [0.25, 0.3) is 0 Å². The van der Waals surface area contributed by atoms with Crippen molar-refractivity contribution in [3.8, 4) is 0 Å². The van der Waals surface area contributed by atoms with Gasteiger partial charge < -0.3 is 10.2 Å². The molecule has 0 spiro atoms. The summed E-state index contributed by atoms with van der Waals surface area (Å²) in [4.78, 5) is 2.27. The van der Waals surface area contributed by atoms with E-state index >= 15 is 0 Å². The molecule has 0 amide bonds. The van der Waals surface area contributed by atoms with Crippen LogP contribution in [-0.4, -0.2) is 38.6 Å². The van der Waals surface area contributed by atoms with Crippen molar-refractivity contribution < 1.29 is 0 Å². The molecule has 0 aliphatic heterocycles. The van der Waals surface area contributed by atoms with E-state index in [-0.39, 0.29) is 0 Å². The zero-order chi connectivity index (χ0) is 11.8. The normalized spacial score (nSPS) is 43.6. The lowest BCUT2D eigenvalue weighted by atomic mass is 9.52. The molecule has 4 aliphatic carbocycles. The molecule has 0 radical (unpaired) electrons. The Morgan fingerprint density at radius 3 is 2.06 bits per heavy atom. The SMILES string of the molecule is CN(C)CCNCC1C2CC3CC(C2)CC1C3. The van der Waals surface area contributed by atoms with Gasteiger partial charge in [0.1, 0.15) is 0 Å². The Labute approximate surface area is 106 Å². The van der Waals surface area contributed by atoms with E-state index in [1.807, 2.05) is 0 Å². The van der Waals surface area contributed by atoms with E-state index in [2.05, 4.69) is 24.3 Å². The summed E-state index contributed by atoms with van der Waals surface area (Å²) < 4.78 is 0. The zero-order valence-electron chi connectivity index (χ0n) is 11.5. The number of hydrogen-bond donors (Lipinski definition) is 1. The van der Waals surface area contributed by atoms with Crippen LogP contribution in [0.2, 0.25) is 0 Å². The van der Waals surface area contributed by atoms with E-state index in [1.165, 1.54) is 13.1 Å². The summed E-state index contributed by atoms with van der Waals surface area (Å²) in [6.07, 6.45) is 7.83. The molecule has 98 valence electrons. The van der Waals surface area contributed by atoms with Gasteiger partial charge in [-0.1, -0.05) is 0 Å². The average Bonchev–Trinajstić information content (AvgIpc) is 2.25. The molecule has 0 aromatic carbocycles. The van der Waals surface area contributed by atoms with Crippen LogP contribution in [0.15, 0.2) is 0 Å². The minimum Gasteiger partial charge on any atom is -0.315 e. The highest BCUT2D eigenvalue weighted by atomic mass is 15.1. The molecule has 2 heteroatoms. The van der Waals surface area contributed by atoms with Crippen molar-refractivity contribution in [2.24, 2.45) is 29.6 Å². The lowest BCUT2D eigenvalue weighted by Crippen LogP contribution is -2.48. The fourth-order valence-corrected chi connectivity index (χ4v) is 4.94. The van der Waals surface area contributed by atoms with Crippen LogP contribution in [0.1, 0.15) is 32.1 Å². The highest BCUT2D eigenvalue weighted by Gasteiger charge is 2.47. The van der Waals surface area contributed by atoms with Crippen molar-refractivity contribution in [3.05, 3.63) is 0 Å². The van der Waals surface area contributed by atoms with Crippen molar-refractivity contribution >= 4 is 0 Å². The van der Waals surface area contributed by atoms with Crippen molar-refractivity contribution in [2.75, 3.05) is 33.7 Å². The van der Waals surface area contributed by atoms with Gasteiger partial charge in [0.15, 0.2) is 0 Å². The topological polar surface area (TPSA) is 15.3 Å². The fourth-order valence-electron chi connectivity index (χ4n) is 4.94. The molecule has 1 N–H and O–H groups in total. The third-order valence-corrected chi connectivity index (χ3v) is 5.54. The second kappa shape index (κ2) is 4.89. The fraction of sp³-hybridized carbons (Fsp3) is 1.00. The first-order valence-electron chi connectivity index (χ1n) is 7.58. The van der Waals surface area contributed by atoms with Crippen molar-refractivity contribution in [2.45, 2.75) is 32.1 Å². The number of likely N-dealkylation sites (N-methyl/N-ethyl adjacent to an activating group) is 1. The van der Waals surface area contributed by atoms with Crippen LogP contribution >= 0.6 is 0 Å². The highest BCUT2D eigenvalue weighted by molar-refractivity contribution is 4.98. The van der Waals surface area contributed by atoms with E-state index in [0.717, 1.165) is 36.1 Å². The Hall–Kier alpha value is -0.0800. The van der Waals surface area contributed by atoms with Crippen LogP contribution in [0.25, 0.3) is 0 Å². The Morgan fingerprint density at radius 2 is 1.53 bits per heavy atom. The van der Waals surface area contributed by atoms with Gasteiger partial charge in [0.05, 0.1) is 0 Å². The molecular weight excluding hydrogens is 208 g/mol. The maximum absolute atomic E-state index is 3.70. The predicted molar refractivity (Wildman–Crippen MR) is 72.0 cm³/mol. The first kappa shape index (κ1) is 12.0. The quantitative estimate of drug-likeness (QED) is 0.736. The van der Waals surface area contributed by atoms with Gasteiger partial charge in [0.2, 0.25) is 0 Å². The van der Waals surface area contributed by atoms with Crippen LogP contribution in [-0.2, 0) is 0 Å². The summed E-state index contributed by atoms with van der Waals surface area (Å²) in [6, 6.07) is 0. The molecule has 4 rings (SSSR count). The van der Waals surface area contributed by atoms with E-state index in [1.54, 1.807) is 32.1 Å². The lowest BCUT2D eigenvalue weighted by Gasteiger charge is -2.54. The van der Waals surface area contributed by atoms with Crippen LogP contribution < -0.4 is 5.32 Å². The summed E-state index contributed by atoms with van der Waals surface area (Å²) in [5.74, 6) is 5.42. The first-order chi connectivity index (χ1) is 8.22. The molecule has 2 nitrogen and oxygen atoms in total. The molecular formula is C15H28N2. The minimum atomic E-state index is 1.02. The third-order valence-electron chi connectivity index (χ3n) is 5.54. The van der Waals surface area contributed by atoms with Gasteiger partial charge in [-0.25, -0.2) is 0 Å². The molecule has 0 aromatic heterocycles. The summed E-state index contributed by atoms with van der Waals surface area (Å²) >= 11 is 0. The van der Waals surface area contributed by atoms with E-state index in [0.29, 0.717) is 0 Å². The van der Waals surface area contributed by atoms with Crippen LogP contribution in [0.5, 0.6) is 0 Å². The van der Waals surface area contributed by atoms with E-state index < -0.39 is 0 Å². The largest absolute Gasteiger partial charge is 0.315 e. The van der Waals surface area contributed by atoms with Crippen molar-refractivity contribution in [3.63, 3.8) is 0 Å². The molecule has 0 atom stereocenters. The predicted octanol–water partition coefficient (Wildman–Crippen LogP) is 2.21. The Kier molecular flexibility index (Phi) is 3.45. The van der Waals surface area contributed by atoms with Crippen LogP contribution in [0, 0.1) is 29.6 Å². The number of rotatable bonds is 5. The average molecular weight is 236 g/mol. The molecule has 4 aliphatic rings. The summed E-state index contributed by atoms with van der Waals surface area (Å²) in [7, 11) is 4.31. The molecule has 17 heavy (non-hydrogen) atoms. The van der Waals surface area contributed by atoms with Gasteiger partial charge in [-0.2, -0.15) is 0 Å². The molecule has 4 fully saturated rings. The van der Waals surface area contributed by atoms with E-state index in [4.69, 9.17) is 0 Å². The van der Waals surface area contributed by atoms with Crippen molar-refractivity contribution in [1.82, 2.24) is 10.2 Å². The molecule has 0 heterocycles. The summed E-state index contributed by atoms with van der Waals surface area (Å²) in [6.45, 7) is 3.63. The first-order valence-corrected chi connectivity index (χ1v) is 7.58. The second-order valence-corrected chi connectivity index (χ2v) is 7.10. The third kappa shape index (κ3) is 2.53. The monoisotopic (exact) mass is 236 g/mol. The maximum Gasteiger partial charge on any atom is 0.0101 e. The maximum atomic E-state index is 3.70. The molecule has 4 saturated carbocycles. The lowest BCUT2D eigenvalue weighted by molar-refractivity contribution is -0.0354. The van der Waals surface area contributed by atoms with Gasteiger partial charge in [-0.15, -0.1) is 0 Å². The number of nitrogens with one attached hydrogen (secondary N) is 1. The number of nitrogens with zero attached hydrogens (tertiary/aromatic N) is 1. The van der Waals surface area contributed by atoms with Gasteiger partial charge in [-0.3, -0.25) is 0 Å². The summed E-state index contributed by atoms with van der Waals surface area (Å²) in [5, 5.41) is 3.70. The van der Waals surface area contributed by atoms with Gasteiger partial charge >= 0.3 is 0 Å². The van der Waals surface area contributed by atoms with E-state index in [9.17, 15) is 0 Å². The molecule has 0 saturated heterocycles. The second-order valence-electron chi connectivity index (χ2n) is 7.10. The Bertz CT molecular complexity index is 234. The Morgan fingerprint density at radius 1 is 0.941 bits per heavy atom. The van der Waals surface area contributed by atoms with Gasteiger partial charge in [0, 0.05) is 13.1 Å². The zero-order valence-corrected chi connectivity index (χ0v) is 11.5.